The number of fused-ring (bicyclic) bond motifs is 3. The van der Waals surface area contributed by atoms with E-state index in [4.69, 9.17) is 15.5 Å². The Bertz CT molecular complexity index is 1180. The Morgan fingerprint density at radius 2 is 1.90 bits per heavy atom. The highest BCUT2D eigenvalue weighted by atomic mass is 16.5. The molecule has 0 unspecified atom stereocenters. The quantitative estimate of drug-likeness (QED) is 0.574. The van der Waals surface area contributed by atoms with E-state index in [2.05, 4.69) is 38.5 Å². The summed E-state index contributed by atoms with van der Waals surface area (Å²) in [4.78, 5) is 17.4. The Labute approximate surface area is 167 Å². The molecule has 29 heavy (non-hydrogen) atoms. The molecule has 9 heteroatoms. The minimum atomic E-state index is 0.203. The van der Waals surface area contributed by atoms with Gasteiger partial charge in [0.25, 0.3) is 0 Å². The van der Waals surface area contributed by atoms with Crippen LogP contribution < -0.4 is 10.5 Å². The molecule has 0 fully saturated rings. The van der Waals surface area contributed by atoms with E-state index in [0.717, 1.165) is 39.8 Å². The van der Waals surface area contributed by atoms with Crippen LogP contribution in [0.25, 0.3) is 34.0 Å². The van der Waals surface area contributed by atoms with Gasteiger partial charge in [0.05, 0.1) is 12.1 Å². The van der Waals surface area contributed by atoms with Crippen molar-refractivity contribution in [3.8, 4) is 39.8 Å². The summed E-state index contributed by atoms with van der Waals surface area (Å²) in [7, 11) is 0. The Balaban J connectivity index is 1.58. The number of ether oxygens (including phenoxy) is 1. The van der Waals surface area contributed by atoms with Gasteiger partial charge in [-0.3, -0.25) is 0 Å². The van der Waals surface area contributed by atoms with Crippen molar-refractivity contribution >= 4 is 5.95 Å². The molecular formula is C20H20N8O. The Morgan fingerprint density at radius 1 is 1.07 bits per heavy atom. The molecule has 4 heterocycles. The highest BCUT2D eigenvalue weighted by molar-refractivity contribution is 5.74. The number of hydrogen-bond acceptors (Lipinski definition) is 7. The van der Waals surface area contributed by atoms with E-state index in [-0.39, 0.29) is 12.0 Å². The van der Waals surface area contributed by atoms with E-state index in [1.165, 1.54) is 0 Å². The molecule has 0 saturated heterocycles. The number of imidazole rings is 1. The first-order valence-corrected chi connectivity index (χ1v) is 9.42. The van der Waals surface area contributed by atoms with Gasteiger partial charge in [-0.1, -0.05) is 6.07 Å². The molecule has 9 nitrogen and oxygen atoms in total. The molecule has 5 rings (SSSR count). The van der Waals surface area contributed by atoms with Crippen LogP contribution in [0, 0.1) is 0 Å². The maximum Gasteiger partial charge on any atom is 0.219 e. The number of nitrogens with two attached hydrogens (primary N) is 1. The van der Waals surface area contributed by atoms with Crippen molar-refractivity contribution in [2.45, 2.75) is 26.4 Å². The van der Waals surface area contributed by atoms with Crippen molar-refractivity contribution in [3.63, 3.8) is 0 Å². The number of nitrogens with zero attached hydrogens (tertiary/aromatic N) is 7. The maximum atomic E-state index is 6.01. The molecule has 0 saturated carbocycles. The van der Waals surface area contributed by atoms with Gasteiger partial charge in [0.15, 0.2) is 5.82 Å². The second-order valence-corrected chi connectivity index (χ2v) is 7.15. The lowest BCUT2D eigenvalue weighted by Crippen LogP contribution is -2.06. The molecule has 0 spiro atoms. The molecule has 4 aromatic rings. The van der Waals surface area contributed by atoms with Gasteiger partial charge in [-0.05, 0) is 31.5 Å². The fourth-order valence-corrected chi connectivity index (χ4v) is 3.47. The summed E-state index contributed by atoms with van der Waals surface area (Å²) < 4.78 is 9.99. The average molecular weight is 388 g/mol. The number of rotatable bonds is 3. The van der Waals surface area contributed by atoms with Crippen LogP contribution in [-0.2, 0) is 6.54 Å². The average Bonchev–Trinajstić information content (AvgIpc) is 3.33. The largest absolute Gasteiger partial charge is 0.491 e. The first kappa shape index (κ1) is 17.4. The van der Waals surface area contributed by atoms with Gasteiger partial charge in [-0.15, -0.1) is 0 Å². The summed E-state index contributed by atoms with van der Waals surface area (Å²) in [5.74, 6) is 2.65. The van der Waals surface area contributed by atoms with Crippen molar-refractivity contribution in [1.29, 1.82) is 0 Å². The van der Waals surface area contributed by atoms with Gasteiger partial charge in [0.1, 0.15) is 30.2 Å². The smallest absolute Gasteiger partial charge is 0.219 e. The lowest BCUT2D eigenvalue weighted by molar-refractivity contribution is 0.307. The Kier molecular flexibility index (Phi) is 4.01. The van der Waals surface area contributed by atoms with Crippen LogP contribution in [0.4, 0.5) is 5.95 Å². The predicted molar refractivity (Wildman–Crippen MR) is 108 cm³/mol. The number of benzene rings is 1. The summed E-state index contributed by atoms with van der Waals surface area (Å²) in [6, 6.07) is 6.22. The second-order valence-electron chi connectivity index (χ2n) is 7.15. The zero-order valence-corrected chi connectivity index (χ0v) is 16.1. The van der Waals surface area contributed by atoms with Gasteiger partial charge in [0, 0.05) is 30.2 Å². The minimum Gasteiger partial charge on any atom is -0.491 e. The van der Waals surface area contributed by atoms with Crippen LogP contribution in [0.1, 0.15) is 19.9 Å². The highest BCUT2D eigenvalue weighted by Gasteiger charge is 2.22. The fourth-order valence-electron chi connectivity index (χ4n) is 3.47. The van der Waals surface area contributed by atoms with Gasteiger partial charge in [-0.25, -0.2) is 24.6 Å². The van der Waals surface area contributed by atoms with Crippen LogP contribution in [0.2, 0.25) is 0 Å². The van der Waals surface area contributed by atoms with Crippen molar-refractivity contribution < 1.29 is 4.74 Å². The van der Waals surface area contributed by atoms with Crippen molar-refractivity contribution in [1.82, 2.24) is 34.3 Å². The topological polar surface area (TPSA) is 110 Å². The first-order chi connectivity index (χ1) is 14.1. The van der Waals surface area contributed by atoms with Crippen LogP contribution in [0.3, 0.4) is 0 Å². The normalized spacial score (nSPS) is 12.9. The Morgan fingerprint density at radius 3 is 2.69 bits per heavy atom. The van der Waals surface area contributed by atoms with Gasteiger partial charge in [-0.2, -0.15) is 5.10 Å². The SMILES string of the molecule is CC(C)n1ncnc1-c1cn2c(n1)-c1ccc(-c3cnc(N)nc3)cc1OCC2. The van der Waals surface area contributed by atoms with Crippen molar-refractivity contribution in [2.24, 2.45) is 0 Å². The van der Waals surface area contributed by atoms with E-state index in [9.17, 15) is 0 Å². The van der Waals surface area contributed by atoms with E-state index in [0.29, 0.717) is 13.2 Å². The predicted octanol–water partition coefficient (Wildman–Crippen LogP) is 2.82. The molecule has 3 aromatic heterocycles. The summed E-state index contributed by atoms with van der Waals surface area (Å²) >= 11 is 0. The van der Waals surface area contributed by atoms with Crippen LogP contribution in [-0.4, -0.2) is 40.9 Å². The number of nitrogen functional groups attached to an aromatic ring is 1. The molecule has 1 aromatic carbocycles. The third-order valence-corrected chi connectivity index (χ3v) is 4.89. The van der Waals surface area contributed by atoms with Crippen LogP contribution >= 0.6 is 0 Å². The zero-order valence-electron chi connectivity index (χ0n) is 16.1. The van der Waals surface area contributed by atoms with Gasteiger partial charge >= 0.3 is 0 Å². The highest BCUT2D eigenvalue weighted by Crippen LogP contribution is 2.36. The van der Waals surface area contributed by atoms with E-state index < -0.39 is 0 Å². The molecule has 146 valence electrons. The second kappa shape index (κ2) is 6.69. The number of hydrogen-bond donors (Lipinski definition) is 1. The molecular weight excluding hydrogens is 368 g/mol. The molecule has 0 aliphatic carbocycles. The van der Waals surface area contributed by atoms with Crippen molar-refractivity contribution in [2.75, 3.05) is 12.3 Å². The molecule has 1 aliphatic rings. The monoisotopic (exact) mass is 388 g/mol. The molecule has 0 radical (unpaired) electrons. The lowest BCUT2D eigenvalue weighted by Gasteiger charge is -2.09. The lowest BCUT2D eigenvalue weighted by atomic mass is 10.1. The summed E-state index contributed by atoms with van der Waals surface area (Å²) in [5, 5.41) is 4.32. The molecule has 0 atom stereocenters. The summed E-state index contributed by atoms with van der Waals surface area (Å²) in [5.41, 5.74) is 9.17. The minimum absolute atomic E-state index is 0.203. The third kappa shape index (κ3) is 3.00. The Hall–Kier alpha value is -3.75. The number of aromatic nitrogens is 7. The van der Waals surface area contributed by atoms with Crippen molar-refractivity contribution in [3.05, 3.63) is 43.1 Å². The molecule has 1 aliphatic heterocycles. The first-order valence-electron chi connectivity index (χ1n) is 9.42. The summed E-state index contributed by atoms with van der Waals surface area (Å²) in [6.45, 7) is 5.40. The molecule has 2 N–H and O–H groups in total. The van der Waals surface area contributed by atoms with E-state index in [1.54, 1.807) is 18.7 Å². The zero-order chi connectivity index (χ0) is 20.0. The van der Waals surface area contributed by atoms with Crippen LogP contribution in [0.15, 0.2) is 43.1 Å². The van der Waals surface area contributed by atoms with Gasteiger partial charge in [0.2, 0.25) is 5.95 Å². The van der Waals surface area contributed by atoms with E-state index in [1.807, 2.05) is 29.1 Å². The third-order valence-electron chi connectivity index (χ3n) is 4.89. The summed E-state index contributed by atoms with van der Waals surface area (Å²) in [6.07, 6.45) is 6.99. The fraction of sp³-hybridized carbons (Fsp3) is 0.250. The van der Waals surface area contributed by atoms with Gasteiger partial charge < -0.3 is 15.0 Å². The van der Waals surface area contributed by atoms with Crippen LogP contribution in [0.5, 0.6) is 5.75 Å². The molecule has 0 amide bonds. The standard InChI is InChI=1S/C20H20N8O/c1-12(2)28-19(24-11-25-28)16-10-27-5-6-29-17-7-13(3-4-15(17)18(27)26-16)14-8-22-20(21)23-9-14/h3-4,7-12H,5-6H2,1-2H3,(H2,21,22,23). The van der Waals surface area contributed by atoms with E-state index >= 15 is 0 Å². The maximum absolute atomic E-state index is 6.01. The molecule has 0 bridgehead atoms. The number of anilines is 1.